The minimum atomic E-state index is -0.475. The first-order chi connectivity index (χ1) is 17.4. The molecule has 1 spiro atoms. The van der Waals surface area contributed by atoms with E-state index in [2.05, 4.69) is 57.8 Å². The summed E-state index contributed by atoms with van der Waals surface area (Å²) in [4.78, 5) is 21.0. The van der Waals surface area contributed by atoms with Crippen molar-refractivity contribution in [2.45, 2.75) is 59.2 Å². The van der Waals surface area contributed by atoms with Gasteiger partial charge in [0.15, 0.2) is 0 Å². The summed E-state index contributed by atoms with van der Waals surface area (Å²) in [7, 11) is 3.89. The van der Waals surface area contributed by atoms with Gasteiger partial charge in [0.2, 0.25) is 0 Å². The molecule has 37 heavy (non-hydrogen) atoms. The molecule has 2 aliphatic rings. The molecule has 2 fully saturated rings. The third-order valence-corrected chi connectivity index (χ3v) is 7.35. The van der Waals surface area contributed by atoms with E-state index in [4.69, 9.17) is 4.74 Å². The predicted octanol–water partition coefficient (Wildman–Crippen LogP) is 4.75. The van der Waals surface area contributed by atoms with E-state index in [0.29, 0.717) is 6.54 Å². The molecule has 1 amide bonds. The van der Waals surface area contributed by atoms with Crippen LogP contribution in [0.15, 0.2) is 43.4 Å². The average molecular weight is 509 g/mol. The van der Waals surface area contributed by atoms with Crippen molar-refractivity contribution in [2.24, 2.45) is 11.3 Å². The van der Waals surface area contributed by atoms with Gasteiger partial charge >= 0.3 is 6.09 Å². The number of ether oxygens (including phenoxy) is 1. The molecular weight excluding hydrogens is 464 g/mol. The third kappa shape index (κ3) is 6.71. The van der Waals surface area contributed by atoms with Gasteiger partial charge in [0.1, 0.15) is 5.60 Å². The molecule has 2 atom stereocenters. The molecule has 0 aromatic heterocycles. The van der Waals surface area contributed by atoms with Crippen molar-refractivity contribution in [1.82, 2.24) is 15.1 Å². The van der Waals surface area contributed by atoms with Crippen molar-refractivity contribution in [3.05, 3.63) is 48.9 Å². The molecule has 0 saturated carbocycles. The topological polar surface area (TPSA) is 75.1 Å². The first kappa shape index (κ1) is 28.2. The molecule has 0 bridgehead atoms. The summed E-state index contributed by atoms with van der Waals surface area (Å²) in [5.74, 6) is -0.142. The number of amides is 1. The Morgan fingerprint density at radius 3 is 2.62 bits per heavy atom. The smallest absolute Gasteiger partial charge is 0.410 e. The monoisotopic (exact) mass is 508 g/mol. The van der Waals surface area contributed by atoms with E-state index in [9.17, 15) is 10.1 Å². The maximum absolute atomic E-state index is 12.5. The summed E-state index contributed by atoms with van der Waals surface area (Å²) in [6.07, 6.45) is 6.58. The molecule has 2 aliphatic heterocycles. The normalized spacial score (nSPS) is 18.2. The van der Waals surface area contributed by atoms with Crippen molar-refractivity contribution < 1.29 is 9.53 Å². The number of hydrogen-bond acceptors (Lipinski definition) is 7. The second-order valence-electron chi connectivity index (χ2n) is 11.6. The van der Waals surface area contributed by atoms with E-state index < -0.39 is 5.60 Å². The van der Waals surface area contributed by atoms with E-state index in [-0.39, 0.29) is 23.5 Å². The van der Waals surface area contributed by atoms with Gasteiger partial charge < -0.3 is 29.7 Å². The van der Waals surface area contributed by atoms with Crippen LogP contribution in [0.3, 0.4) is 0 Å². The molecule has 1 N–H and O–H groups in total. The van der Waals surface area contributed by atoms with Gasteiger partial charge in [-0.25, -0.2) is 4.79 Å². The number of nitrogens with one attached hydrogen (secondary N) is 1. The minimum absolute atomic E-state index is 0.00268. The van der Waals surface area contributed by atoms with Crippen molar-refractivity contribution in [3.63, 3.8) is 0 Å². The number of carbonyl (C=O) groups excluding carboxylic acids is 1. The fourth-order valence-electron chi connectivity index (χ4n) is 5.05. The highest BCUT2D eigenvalue weighted by Gasteiger charge is 2.50. The van der Waals surface area contributed by atoms with Gasteiger partial charge in [-0.15, -0.1) is 0 Å². The van der Waals surface area contributed by atoms with E-state index in [1.54, 1.807) is 0 Å². The lowest BCUT2D eigenvalue weighted by Crippen LogP contribution is -2.60. The summed E-state index contributed by atoms with van der Waals surface area (Å²) in [5, 5.41) is 12.7. The number of nitriles is 1. The van der Waals surface area contributed by atoms with Gasteiger partial charge in [-0.05, 0) is 71.0 Å². The van der Waals surface area contributed by atoms with Crippen LogP contribution in [0.1, 0.15) is 46.6 Å². The molecule has 0 aliphatic carbocycles. The molecule has 8 heteroatoms. The maximum Gasteiger partial charge on any atom is 0.410 e. The molecule has 8 nitrogen and oxygen atoms in total. The van der Waals surface area contributed by atoms with Crippen LogP contribution in [0.2, 0.25) is 0 Å². The Kier molecular flexibility index (Phi) is 8.68. The summed E-state index contributed by atoms with van der Waals surface area (Å²) in [6, 6.07) is 9.01. The standard InChI is InChI=1S/C29H44N6O2/c1-9-32(8)18-24-16-25(10-11-26(24)35(15-13-31-7)23(3)22(2)17-30)33-14-12-29(19-33)20-34(21-29)27(36)37-28(4,5)6/h9-11,13,15-16,22-23,31H,1,12,14,18-21H2,2-8H3/b15-13-. The van der Waals surface area contributed by atoms with Crippen molar-refractivity contribution in [2.75, 3.05) is 50.1 Å². The maximum atomic E-state index is 12.5. The number of hydrogen-bond donors (Lipinski definition) is 1. The highest BCUT2D eigenvalue weighted by molar-refractivity contribution is 5.70. The van der Waals surface area contributed by atoms with Gasteiger partial charge in [0, 0.05) is 82.1 Å². The molecule has 1 aromatic carbocycles. The Morgan fingerprint density at radius 1 is 1.32 bits per heavy atom. The quantitative estimate of drug-likeness (QED) is 0.516. The number of carbonyl (C=O) groups is 1. The van der Waals surface area contributed by atoms with Crippen LogP contribution in [-0.2, 0) is 11.3 Å². The lowest BCUT2D eigenvalue weighted by molar-refractivity contribution is -0.0266. The Bertz CT molecular complexity index is 1030. The van der Waals surface area contributed by atoms with Gasteiger partial charge in [-0.2, -0.15) is 5.26 Å². The van der Waals surface area contributed by atoms with Crippen molar-refractivity contribution in [1.29, 1.82) is 5.26 Å². The molecule has 2 unspecified atom stereocenters. The first-order valence-corrected chi connectivity index (χ1v) is 13.1. The first-order valence-electron chi connectivity index (χ1n) is 13.1. The van der Waals surface area contributed by atoms with Crippen LogP contribution in [-0.4, -0.2) is 67.8 Å². The third-order valence-electron chi connectivity index (χ3n) is 7.35. The van der Waals surface area contributed by atoms with Crippen LogP contribution in [0, 0.1) is 22.7 Å². The largest absolute Gasteiger partial charge is 0.444 e. The van der Waals surface area contributed by atoms with E-state index in [0.717, 1.165) is 38.3 Å². The summed E-state index contributed by atoms with van der Waals surface area (Å²) in [5.41, 5.74) is 3.08. The molecule has 2 heterocycles. The van der Waals surface area contributed by atoms with Crippen molar-refractivity contribution >= 4 is 17.5 Å². The van der Waals surface area contributed by atoms with E-state index in [1.165, 1.54) is 11.3 Å². The zero-order chi connectivity index (χ0) is 27.4. The lowest BCUT2D eigenvalue weighted by atomic mass is 9.79. The lowest BCUT2D eigenvalue weighted by Gasteiger charge is -2.47. The molecule has 1 aromatic rings. The zero-order valence-electron chi connectivity index (χ0n) is 23.6. The molecule has 202 valence electrons. The number of rotatable bonds is 9. The molecule has 3 rings (SSSR count). The predicted molar refractivity (Wildman–Crippen MR) is 150 cm³/mol. The van der Waals surface area contributed by atoms with Gasteiger partial charge in [0.05, 0.1) is 12.0 Å². The summed E-state index contributed by atoms with van der Waals surface area (Å²) < 4.78 is 5.55. The number of nitrogens with zero attached hydrogens (tertiary/aromatic N) is 5. The number of likely N-dealkylation sites (tertiary alicyclic amines) is 1. The molecule has 2 saturated heterocycles. The Labute approximate surface area is 223 Å². The average Bonchev–Trinajstić information content (AvgIpc) is 3.28. The second-order valence-corrected chi connectivity index (χ2v) is 11.6. The molecule has 0 radical (unpaired) electrons. The Balaban J connectivity index is 1.82. The van der Waals surface area contributed by atoms with E-state index in [1.807, 2.05) is 65.3 Å². The number of benzene rings is 1. The van der Waals surface area contributed by atoms with Gasteiger partial charge in [-0.3, -0.25) is 0 Å². The van der Waals surface area contributed by atoms with Crippen molar-refractivity contribution in [3.8, 4) is 6.07 Å². The second kappa shape index (κ2) is 11.4. The van der Waals surface area contributed by atoms with Crippen LogP contribution in [0.25, 0.3) is 0 Å². The minimum Gasteiger partial charge on any atom is -0.444 e. The number of anilines is 2. The van der Waals surface area contributed by atoms with Crippen LogP contribution >= 0.6 is 0 Å². The fraction of sp³-hybridized carbons (Fsp3) is 0.586. The summed E-state index contributed by atoms with van der Waals surface area (Å²) in [6.45, 7) is 17.8. The van der Waals surface area contributed by atoms with Gasteiger partial charge in [0.25, 0.3) is 0 Å². The van der Waals surface area contributed by atoms with Crippen LogP contribution < -0.4 is 15.1 Å². The van der Waals surface area contributed by atoms with E-state index >= 15 is 0 Å². The Morgan fingerprint density at radius 2 is 2.03 bits per heavy atom. The van der Waals surface area contributed by atoms with Gasteiger partial charge in [-0.1, -0.05) is 6.58 Å². The highest BCUT2D eigenvalue weighted by Crippen LogP contribution is 2.42. The Hall–Kier alpha value is -3.34. The fourth-order valence-corrected chi connectivity index (χ4v) is 5.05. The van der Waals surface area contributed by atoms with Crippen LogP contribution in [0.5, 0.6) is 0 Å². The zero-order valence-corrected chi connectivity index (χ0v) is 23.6. The van der Waals surface area contributed by atoms with Crippen LogP contribution in [0.4, 0.5) is 16.2 Å². The molecular formula is C29H44N6O2. The highest BCUT2D eigenvalue weighted by atomic mass is 16.6. The SMILES string of the molecule is C=CN(C)Cc1cc(N2CCC3(CN(C(=O)OC(C)(C)C)C3)C2)ccc1N(/C=C\NC)C(C)C(C)C#N. The summed E-state index contributed by atoms with van der Waals surface area (Å²) >= 11 is 0.